The van der Waals surface area contributed by atoms with Crippen molar-refractivity contribution < 1.29 is 18.3 Å². The number of carbonyl (C=O) groups is 1. The molecule has 0 aromatic carbocycles. The normalized spacial score (nSPS) is 10.9. The van der Waals surface area contributed by atoms with E-state index in [0.717, 1.165) is 4.68 Å². The van der Waals surface area contributed by atoms with Crippen molar-refractivity contribution in [1.29, 1.82) is 0 Å². The first-order valence-electron chi connectivity index (χ1n) is 4.45. The molecule has 0 bridgehead atoms. The molecule has 0 unspecified atom stereocenters. The van der Waals surface area contributed by atoms with Gasteiger partial charge in [0.1, 0.15) is 5.69 Å². The predicted octanol–water partition coefficient (Wildman–Crippen LogP) is 1.06. The minimum absolute atomic E-state index is 0.161. The second-order valence-electron chi connectivity index (χ2n) is 2.70. The van der Waals surface area contributed by atoms with Gasteiger partial charge in [0.15, 0.2) is 12.0 Å². The zero-order valence-electron chi connectivity index (χ0n) is 8.19. The number of halogens is 2. The Labute approximate surface area is 85.0 Å². The standard InChI is InChI=1S/C8H11F2N3O2/c1-2-15-4-3-13-7(8(9)10)6(5-14)11-12-13/h5,8H,2-4H2,1H3. The van der Waals surface area contributed by atoms with E-state index in [2.05, 4.69) is 10.3 Å². The van der Waals surface area contributed by atoms with Gasteiger partial charge in [-0.1, -0.05) is 5.21 Å². The molecule has 0 atom stereocenters. The molecule has 15 heavy (non-hydrogen) atoms. The Bertz CT molecular complexity index is 328. The molecule has 1 rings (SSSR count). The van der Waals surface area contributed by atoms with Crippen molar-refractivity contribution >= 4 is 6.29 Å². The first kappa shape index (κ1) is 11.7. The fraction of sp³-hybridized carbons (Fsp3) is 0.625. The molecule has 84 valence electrons. The van der Waals surface area contributed by atoms with Crippen LogP contribution in [0.1, 0.15) is 29.5 Å². The highest BCUT2D eigenvalue weighted by atomic mass is 19.3. The van der Waals surface area contributed by atoms with Crippen LogP contribution in [0.3, 0.4) is 0 Å². The van der Waals surface area contributed by atoms with Crippen molar-refractivity contribution in [2.75, 3.05) is 13.2 Å². The fourth-order valence-electron chi connectivity index (χ4n) is 1.10. The number of aldehydes is 1. The van der Waals surface area contributed by atoms with E-state index in [1.807, 2.05) is 0 Å². The Balaban J connectivity index is 2.78. The van der Waals surface area contributed by atoms with Crippen LogP contribution in [0.25, 0.3) is 0 Å². The van der Waals surface area contributed by atoms with E-state index >= 15 is 0 Å². The van der Waals surface area contributed by atoms with Gasteiger partial charge in [0, 0.05) is 6.61 Å². The molecule has 0 saturated heterocycles. The Morgan fingerprint density at radius 3 is 2.87 bits per heavy atom. The van der Waals surface area contributed by atoms with E-state index in [9.17, 15) is 13.6 Å². The summed E-state index contributed by atoms with van der Waals surface area (Å²) in [6.07, 6.45) is -2.49. The minimum atomic E-state index is -2.76. The summed E-state index contributed by atoms with van der Waals surface area (Å²) in [5.41, 5.74) is -0.772. The summed E-state index contributed by atoms with van der Waals surface area (Å²) in [4.78, 5) is 10.4. The molecule has 7 heteroatoms. The number of hydrogen-bond donors (Lipinski definition) is 0. The number of nitrogens with zero attached hydrogens (tertiary/aromatic N) is 3. The number of alkyl halides is 2. The van der Waals surface area contributed by atoms with Crippen LogP contribution in [0.15, 0.2) is 0 Å². The van der Waals surface area contributed by atoms with Crippen LogP contribution in [0.2, 0.25) is 0 Å². The van der Waals surface area contributed by atoms with Crippen LogP contribution in [-0.2, 0) is 11.3 Å². The summed E-state index contributed by atoms with van der Waals surface area (Å²) in [6.45, 7) is 2.72. The first-order chi connectivity index (χ1) is 7.20. The van der Waals surface area contributed by atoms with Gasteiger partial charge in [-0.05, 0) is 6.92 Å². The lowest BCUT2D eigenvalue weighted by atomic mass is 10.3. The maximum Gasteiger partial charge on any atom is 0.282 e. The fourth-order valence-corrected chi connectivity index (χ4v) is 1.10. The molecule has 0 radical (unpaired) electrons. The van der Waals surface area contributed by atoms with Gasteiger partial charge in [-0.2, -0.15) is 0 Å². The Kier molecular flexibility index (Phi) is 4.29. The van der Waals surface area contributed by atoms with Crippen molar-refractivity contribution in [2.24, 2.45) is 0 Å². The molecule has 1 aromatic rings. The van der Waals surface area contributed by atoms with Gasteiger partial charge in [0.2, 0.25) is 0 Å². The van der Waals surface area contributed by atoms with Gasteiger partial charge in [-0.3, -0.25) is 4.79 Å². The highest BCUT2D eigenvalue weighted by molar-refractivity contribution is 5.73. The highest BCUT2D eigenvalue weighted by Gasteiger charge is 2.20. The predicted molar refractivity (Wildman–Crippen MR) is 46.9 cm³/mol. The van der Waals surface area contributed by atoms with E-state index in [0.29, 0.717) is 6.61 Å². The molecule has 0 aliphatic rings. The third-order valence-corrected chi connectivity index (χ3v) is 1.77. The molecular weight excluding hydrogens is 208 g/mol. The molecule has 0 amide bonds. The third kappa shape index (κ3) is 2.79. The smallest absolute Gasteiger partial charge is 0.282 e. The average molecular weight is 219 g/mol. The third-order valence-electron chi connectivity index (χ3n) is 1.77. The molecular formula is C8H11F2N3O2. The van der Waals surface area contributed by atoms with Gasteiger partial charge in [-0.25, -0.2) is 13.5 Å². The van der Waals surface area contributed by atoms with Crippen LogP contribution in [0, 0.1) is 0 Å². The largest absolute Gasteiger partial charge is 0.380 e. The van der Waals surface area contributed by atoms with Crippen LogP contribution in [-0.4, -0.2) is 34.5 Å². The summed E-state index contributed by atoms with van der Waals surface area (Å²) in [6, 6.07) is 0. The highest BCUT2D eigenvalue weighted by Crippen LogP contribution is 2.19. The van der Waals surface area contributed by atoms with Crippen LogP contribution in [0.5, 0.6) is 0 Å². The Morgan fingerprint density at radius 1 is 1.60 bits per heavy atom. The quantitative estimate of drug-likeness (QED) is 0.530. The number of carbonyl (C=O) groups excluding carboxylic acids is 1. The molecule has 1 aromatic heterocycles. The summed E-state index contributed by atoms with van der Waals surface area (Å²) < 4.78 is 31.0. The summed E-state index contributed by atoms with van der Waals surface area (Å²) >= 11 is 0. The van der Waals surface area contributed by atoms with Crippen molar-refractivity contribution in [3.05, 3.63) is 11.4 Å². The number of rotatable bonds is 6. The number of aromatic nitrogens is 3. The molecule has 0 aliphatic carbocycles. The van der Waals surface area contributed by atoms with E-state index < -0.39 is 12.1 Å². The molecule has 1 heterocycles. The lowest BCUT2D eigenvalue weighted by Gasteiger charge is -2.05. The number of ether oxygens (including phenoxy) is 1. The molecule has 5 nitrogen and oxygen atoms in total. The Hall–Kier alpha value is -1.37. The summed E-state index contributed by atoms with van der Waals surface area (Å²) in [5, 5.41) is 6.80. The van der Waals surface area contributed by atoms with Crippen LogP contribution < -0.4 is 0 Å². The van der Waals surface area contributed by atoms with E-state index in [1.54, 1.807) is 6.92 Å². The summed E-state index contributed by atoms with van der Waals surface area (Å²) in [5.74, 6) is 0. The second kappa shape index (κ2) is 5.50. The van der Waals surface area contributed by atoms with Gasteiger partial charge < -0.3 is 4.74 Å². The van der Waals surface area contributed by atoms with Gasteiger partial charge in [0.05, 0.1) is 13.2 Å². The van der Waals surface area contributed by atoms with Gasteiger partial charge >= 0.3 is 0 Å². The zero-order valence-corrected chi connectivity index (χ0v) is 8.19. The van der Waals surface area contributed by atoms with E-state index in [-0.39, 0.29) is 25.1 Å². The average Bonchev–Trinajstić information content (AvgIpc) is 2.61. The topological polar surface area (TPSA) is 57.0 Å². The minimum Gasteiger partial charge on any atom is -0.380 e. The summed E-state index contributed by atoms with van der Waals surface area (Å²) in [7, 11) is 0. The van der Waals surface area contributed by atoms with Crippen molar-refractivity contribution in [2.45, 2.75) is 19.9 Å². The van der Waals surface area contributed by atoms with Gasteiger partial charge in [-0.15, -0.1) is 5.10 Å². The van der Waals surface area contributed by atoms with E-state index in [1.165, 1.54) is 0 Å². The van der Waals surface area contributed by atoms with E-state index in [4.69, 9.17) is 4.74 Å². The Morgan fingerprint density at radius 2 is 2.33 bits per heavy atom. The molecule has 0 N–H and O–H groups in total. The monoisotopic (exact) mass is 219 g/mol. The zero-order chi connectivity index (χ0) is 11.3. The van der Waals surface area contributed by atoms with Crippen molar-refractivity contribution in [3.63, 3.8) is 0 Å². The SMILES string of the molecule is CCOCCn1nnc(C=O)c1C(F)F. The van der Waals surface area contributed by atoms with Crippen LogP contribution in [0.4, 0.5) is 8.78 Å². The number of hydrogen-bond acceptors (Lipinski definition) is 4. The lowest BCUT2D eigenvalue weighted by Crippen LogP contribution is -2.11. The molecule has 0 fully saturated rings. The maximum atomic E-state index is 12.5. The molecule has 0 aliphatic heterocycles. The molecule has 0 saturated carbocycles. The van der Waals surface area contributed by atoms with Crippen molar-refractivity contribution in [1.82, 2.24) is 15.0 Å². The van der Waals surface area contributed by atoms with Crippen molar-refractivity contribution in [3.8, 4) is 0 Å². The maximum absolute atomic E-state index is 12.5. The first-order valence-corrected chi connectivity index (χ1v) is 4.45. The van der Waals surface area contributed by atoms with Gasteiger partial charge in [0.25, 0.3) is 6.43 Å². The van der Waals surface area contributed by atoms with Crippen LogP contribution >= 0.6 is 0 Å². The second-order valence-corrected chi connectivity index (χ2v) is 2.70. The lowest BCUT2D eigenvalue weighted by molar-refractivity contribution is 0.108. The molecule has 0 spiro atoms.